The summed E-state index contributed by atoms with van der Waals surface area (Å²) in [7, 11) is 0. The van der Waals surface area contributed by atoms with Gasteiger partial charge in [0.1, 0.15) is 0 Å². The molecule has 0 spiro atoms. The normalized spacial score (nSPS) is 10.9. The number of hydrogen-bond acceptors (Lipinski definition) is 6. The fraction of sp³-hybridized carbons (Fsp3) is 0.250. The summed E-state index contributed by atoms with van der Waals surface area (Å²) < 4.78 is 2.08. The molecule has 2 heterocycles. The second-order valence-electron chi connectivity index (χ2n) is 5.20. The maximum atomic E-state index is 10.8. The second-order valence-corrected chi connectivity index (χ2v) is 7.04. The van der Waals surface area contributed by atoms with Crippen molar-refractivity contribution in [3.8, 4) is 11.4 Å². The molecule has 0 unspecified atom stereocenters. The smallest absolute Gasteiger partial charge is 0.302 e. The lowest BCUT2D eigenvalue weighted by Gasteiger charge is -2.08. The number of hydrogen-bond donors (Lipinski definition) is 0. The third-order valence-corrected chi connectivity index (χ3v) is 5.57. The van der Waals surface area contributed by atoms with Crippen molar-refractivity contribution in [3.05, 3.63) is 57.0 Å². The van der Waals surface area contributed by atoms with Crippen molar-refractivity contribution < 1.29 is 4.92 Å². The molecule has 124 valence electrons. The predicted octanol–water partition coefficient (Wildman–Crippen LogP) is 4.54. The first-order valence-corrected chi connectivity index (χ1v) is 9.30. The first-order chi connectivity index (χ1) is 11.6. The van der Waals surface area contributed by atoms with Crippen molar-refractivity contribution in [2.24, 2.45) is 0 Å². The van der Waals surface area contributed by atoms with E-state index in [1.165, 1.54) is 0 Å². The average Bonchev–Trinajstić information content (AvgIpc) is 3.20. The van der Waals surface area contributed by atoms with E-state index < -0.39 is 0 Å². The molecule has 3 aromatic rings. The Bertz CT molecular complexity index is 873. The van der Waals surface area contributed by atoms with Crippen LogP contribution in [0.5, 0.6) is 0 Å². The van der Waals surface area contributed by atoms with Crippen LogP contribution in [0.4, 0.5) is 5.00 Å². The highest BCUT2D eigenvalue weighted by Gasteiger charge is 2.16. The van der Waals surface area contributed by atoms with Crippen molar-refractivity contribution in [3.63, 3.8) is 0 Å². The summed E-state index contributed by atoms with van der Waals surface area (Å²) in [5.41, 5.74) is 3.16. The molecule has 0 aliphatic rings. The molecule has 2 aromatic heterocycles. The van der Waals surface area contributed by atoms with Crippen LogP contribution in [-0.2, 0) is 12.3 Å². The van der Waals surface area contributed by atoms with Gasteiger partial charge in [0.05, 0.1) is 4.92 Å². The van der Waals surface area contributed by atoms with Crippen LogP contribution in [0.25, 0.3) is 11.4 Å². The number of nitro groups is 1. The lowest BCUT2D eigenvalue weighted by atomic mass is 10.1. The average molecular weight is 360 g/mol. The summed E-state index contributed by atoms with van der Waals surface area (Å²) in [5, 5.41) is 22.2. The summed E-state index contributed by atoms with van der Waals surface area (Å²) >= 11 is 2.70. The Morgan fingerprint density at radius 3 is 2.79 bits per heavy atom. The molecule has 0 N–H and O–H groups in total. The Morgan fingerprint density at radius 2 is 2.12 bits per heavy atom. The van der Waals surface area contributed by atoms with Crippen LogP contribution in [-0.4, -0.2) is 19.7 Å². The van der Waals surface area contributed by atoms with E-state index in [-0.39, 0.29) is 9.92 Å². The Hall–Kier alpha value is -2.19. The third-order valence-electron chi connectivity index (χ3n) is 3.61. The zero-order valence-corrected chi connectivity index (χ0v) is 14.9. The minimum Gasteiger partial charge on any atom is -0.302 e. The monoisotopic (exact) mass is 360 g/mol. The molecule has 0 atom stereocenters. The molecule has 0 amide bonds. The maximum Gasteiger partial charge on any atom is 0.324 e. The van der Waals surface area contributed by atoms with Crippen LogP contribution in [0.15, 0.2) is 40.9 Å². The maximum absolute atomic E-state index is 10.8. The molecule has 8 heteroatoms. The van der Waals surface area contributed by atoms with Crippen LogP contribution in [0.2, 0.25) is 0 Å². The number of thioether (sulfide) groups is 1. The van der Waals surface area contributed by atoms with E-state index in [9.17, 15) is 10.1 Å². The molecular formula is C16H16N4O2S2. The minimum atomic E-state index is -0.357. The predicted molar refractivity (Wildman–Crippen MR) is 96.4 cm³/mol. The number of nitrogens with zero attached hydrogens (tertiary/aromatic N) is 4. The largest absolute Gasteiger partial charge is 0.324 e. The summed E-state index contributed by atoms with van der Waals surface area (Å²) in [6.07, 6.45) is 0. The number of thiophene rings is 1. The van der Waals surface area contributed by atoms with E-state index in [2.05, 4.69) is 34.7 Å². The van der Waals surface area contributed by atoms with Gasteiger partial charge in [0.15, 0.2) is 11.0 Å². The van der Waals surface area contributed by atoms with Crippen LogP contribution in [0, 0.1) is 17.0 Å². The SMILES string of the molecule is CCn1c(SCc2csc([N+](=O)[O-])c2)nnc1-c1ccccc1C. The fourth-order valence-electron chi connectivity index (χ4n) is 2.39. The van der Waals surface area contributed by atoms with Crippen molar-refractivity contribution in [2.75, 3.05) is 0 Å². The van der Waals surface area contributed by atoms with Gasteiger partial charge in [-0.25, -0.2) is 0 Å². The highest BCUT2D eigenvalue weighted by molar-refractivity contribution is 7.98. The van der Waals surface area contributed by atoms with E-state index in [1.54, 1.807) is 17.8 Å². The summed E-state index contributed by atoms with van der Waals surface area (Å²) in [4.78, 5) is 10.4. The summed E-state index contributed by atoms with van der Waals surface area (Å²) in [6, 6.07) is 9.72. The van der Waals surface area contributed by atoms with E-state index in [1.807, 2.05) is 23.6 Å². The minimum absolute atomic E-state index is 0.170. The summed E-state index contributed by atoms with van der Waals surface area (Å²) in [5.74, 6) is 1.49. The quantitative estimate of drug-likeness (QED) is 0.367. The van der Waals surface area contributed by atoms with Crippen molar-refractivity contribution >= 4 is 28.1 Å². The zero-order chi connectivity index (χ0) is 17.1. The van der Waals surface area contributed by atoms with E-state index in [0.717, 1.165) is 45.6 Å². The van der Waals surface area contributed by atoms with Gasteiger partial charge in [0, 0.05) is 29.3 Å². The molecular weight excluding hydrogens is 344 g/mol. The first kappa shape index (κ1) is 16.7. The number of rotatable bonds is 6. The van der Waals surface area contributed by atoms with E-state index in [0.29, 0.717) is 5.75 Å². The molecule has 0 aliphatic carbocycles. The molecule has 24 heavy (non-hydrogen) atoms. The number of aryl methyl sites for hydroxylation is 1. The van der Waals surface area contributed by atoms with Crippen LogP contribution >= 0.6 is 23.1 Å². The lowest BCUT2D eigenvalue weighted by molar-refractivity contribution is -0.380. The molecule has 3 rings (SSSR count). The van der Waals surface area contributed by atoms with Gasteiger partial charge in [-0.15, -0.1) is 10.2 Å². The molecule has 0 saturated carbocycles. The fourth-order valence-corrected chi connectivity index (χ4v) is 4.15. The number of aromatic nitrogens is 3. The van der Waals surface area contributed by atoms with Gasteiger partial charge >= 0.3 is 5.00 Å². The Morgan fingerprint density at radius 1 is 1.33 bits per heavy atom. The van der Waals surface area contributed by atoms with Gasteiger partial charge < -0.3 is 4.57 Å². The van der Waals surface area contributed by atoms with E-state index >= 15 is 0 Å². The van der Waals surface area contributed by atoms with Crippen LogP contribution in [0.3, 0.4) is 0 Å². The van der Waals surface area contributed by atoms with Crippen molar-refractivity contribution in [1.29, 1.82) is 0 Å². The Balaban J connectivity index is 1.82. The topological polar surface area (TPSA) is 73.8 Å². The van der Waals surface area contributed by atoms with Gasteiger partial charge in [0.2, 0.25) is 0 Å². The van der Waals surface area contributed by atoms with Crippen molar-refractivity contribution in [2.45, 2.75) is 31.3 Å². The molecule has 0 fully saturated rings. The molecule has 0 aliphatic heterocycles. The Labute approximate surface area is 147 Å². The second kappa shape index (κ2) is 7.14. The molecule has 0 radical (unpaired) electrons. The number of benzene rings is 1. The molecule has 0 bridgehead atoms. The highest BCUT2D eigenvalue weighted by atomic mass is 32.2. The zero-order valence-electron chi connectivity index (χ0n) is 13.3. The van der Waals surface area contributed by atoms with Crippen LogP contribution < -0.4 is 0 Å². The standard InChI is InChI=1S/C16H16N4O2S2/c1-3-19-15(13-7-5-4-6-11(13)2)17-18-16(19)24-10-12-8-14(20(21)22)23-9-12/h4-9H,3,10H2,1-2H3. The Kier molecular flexibility index (Phi) is 4.96. The highest BCUT2D eigenvalue weighted by Crippen LogP contribution is 2.30. The molecule has 0 saturated heterocycles. The van der Waals surface area contributed by atoms with Gasteiger partial charge in [0.25, 0.3) is 0 Å². The molecule has 1 aromatic carbocycles. The molecule has 6 nitrogen and oxygen atoms in total. The van der Waals surface area contributed by atoms with Gasteiger partial charge in [-0.2, -0.15) is 0 Å². The van der Waals surface area contributed by atoms with E-state index in [4.69, 9.17) is 0 Å². The van der Waals surface area contributed by atoms with Gasteiger partial charge in [-0.1, -0.05) is 47.4 Å². The van der Waals surface area contributed by atoms with Crippen molar-refractivity contribution in [1.82, 2.24) is 14.8 Å². The lowest BCUT2D eigenvalue weighted by Crippen LogP contribution is -2.00. The van der Waals surface area contributed by atoms with Crippen LogP contribution in [0.1, 0.15) is 18.1 Å². The van der Waals surface area contributed by atoms with Gasteiger partial charge in [-0.05, 0) is 25.0 Å². The third kappa shape index (κ3) is 3.34. The first-order valence-electron chi connectivity index (χ1n) is 7.44. The summed E-state index contributed by atoms with van der Waals surface area (Å²) in [6.45, 7) is 4.88. The van der Waals surface area contributed by atoms with Gasteiger partial charge in [-0.3, -0.25) is 10.1 Å².